The first-order valence-corrected chi connectivity index (χ1v) is 34.3. The van der Waals surface area contributed by atoms with Crippen LogP contribution in [0, 0.1) is 0 Å². The predicted octanol–water partition coefficient (Wildman–Crippen LogP) is 20.4. The monoisotopic (exact) mass is 1110 g/mol. The Morgan fingerprint density at radius 1 is 0.449 bits per heavy atom. The molecule has 0 saturated carbocycles. The lowest BCUT2D eigenvalue weighted by atomic mass is 10.0. The lowest BCUT2D eigenvalue weighted by Gasteiger charge is -2.27. The van der Waals surface area contributed by atoms with Gasteiger partial charge in [-0.15, -0.1) is 0 Å². The molecule has 0 rings (SSSR count). The lowest BCUT2D eigenvalue weighted by Crippen LogP contribution is -2.47. The molecule has 0 fully saturated rings. The van der Waals surface area contributed by atoms with Crippen LogP contribution in [-0.4, -0.2) is 74.3 Å². The number of likely N-dealkylation sites (N-methyl/N-ethyl adjacent to an activating group) is 1. The van der Waals surface area contributed by atoms with Gasteiger partial charge < -0.3 is 19.4 Å². The van der Waals surface area contributed by atoms with Crippen molar-refractivity contribution >= 4 is 19.7 Å². The molecule has 0 aliphatic carbocycles. The molecule has 0 radical (unpaired) electrons. The third-order valence-corrected chi connectivity index (χ3v) is 15.4. The first-order chi connectivity index (χ1) is 37.9. The number of esters is 1. The van der Waals surface area contributed by atoms with Crippen molar-refractivity contribution < 1.29 is 37.3 Å². The van der Waals surface area contributed by atoms with Gasteiger partial charge in [0.15, 0.2) is 0 Å². The van der Waals surface area contributed by atoms with Crippen molar-refractivity contribution in [3.63, 3.8) is 0 Å². The molecule has 3 atom stereocenters. The van der Waals surface area contributed by atoms with Crippen molar-refractivity contribution in [2.24, 2.45) is 0 Å². The highest BCUT2D eigenvalue weighted by Crippen LogP contribution is 2.43. The summed E-state index contributed by atoms with van der Waals surface area (Å²) in [4.78, 5) is 37.8. The van der Waals surface area contributed by atoms with Gasteiger partial charge in [0, 0.05) is 12.8 Å². The minimum atomic E-state index is -4.46. The summed E-state index contributed by atoms with van der Waals surface area (Å²) in [6.07, 6.45) is 74.6. The highest BCUT2D eigenvalue weighted by Gasteiger charge is 2.30. The molecular formula is C68H126N2O7P+. The van der Waals surface area contributed by atoms with E-state index in [0.29, 0.717) is 17.4 Å². The molecule has 454 valence electrons. The van der Waals surface area contributed by atoms with E-state index in [2.05, 4.69) is 86.8 Å². The molecule has 10 heteroatoms. The van der Waals surface area contributed by atoms with Crippen LogP contribution in [0.15, 0.2) is 72.9 Å². The van der Waals surface area contributed by atoms with Crippen LogP contribution in [0.3, 0.4) is 0 Å². The number of amides is 1. The number of allylic oxidation sites excluding steroid dienone is 11. The van der Waals surface area contributed by atoms with Gasteiger partial charge in [-0.05, 0) is 102 Å². The van der Waals surface area contributed by atoms with Crippen molar-refractivity contribution in [2.75, 3.05) is 40.9 Å². The van der Waals surface area contributed by atoms with Crippen LogP contribution in [-0.2, 0) is 27.9 Å². The maximum Gasteiger partial charge on any atom is 0.472 e. The predicted molar refractivity (Wildman–Crippen MR) is 337 cm³/mol. The minimum Gasteiger partial charge on any atom is -0.456 e. The molecule has 0 aliphatic rings. The van der Waals surface area contributed by atoms with Gasteiger partial charge in [-0.25, -0.2) is 4.57 Å². The minimum absolute atomic E-state index is 0.0360. The van der Waals surface area contributed by atoms with E-state index in [1.807, 2.05) is 33.3 Å². The number of hydrogen-bond donors (Lipinski definition) is 2. The maximum atomic E-state index is 13.6. The summed E-state index contributed by atoms with van der Waals surface area (Å²) in [6.45, 7) is 6.97. The zero-order chi connectivity index (χ0) is 57.2. The average molecular weight is 1110 g/mol. The van der Waals surface area contributed by atoms with Gasteiger partial charge in [0.05, 0.1) is 33.8 Å². The average Bonchev–Trinajstić information content (AvgIpc) is 3.40. The summed E-state index contributed by atoms with van der Waals surface area (Å²) in [5, 5.41) is 3.06. The molecule has 9 nitrogen and oxygen atoms in total. The number of rotatable bonds is 59. The summed E-state index contributed by atoms with van der Waals surface area (Å²) >= 11 is 0. The van der Waals surface area contributed by atoms with Crippen LogP contribution in [0.25, 0.3) is 0 Å². The first kappa shape index (κ1) is 75.5. The second kappa shape index (κ2) is 57.7. The van der Waals surface area contributed by atoms with Crippen LogP contribution in [0.4, 0.5) is 0 Å². The quantitative estimate of drug-likeness (QED) is 0.0205. The number of phosphoric acid groups is 1. The Hall–Kier alpha value is -2.55. The van der Waals surface area contributed by atoms with Crippen molar-refractivity contribution in [3.8, 4) is 0 Å². The zero-order valence-electron chi connectivity index (χ0n) is 51.9. The van der Waals surface area contributed by atoms with Crippen LogP contribution in [0.1, 0.15) is 297 Å². The number of nitrogens with one attached hydrogen (secondary N) is 1. The Morgan fingerprint density at radius 2 is 0.782 bits per heavy atom. The highest BCUT2D eigenvalue weighted by molar-refractivity contribution is 7.47. The van der Waals surface area contributed by atoms with Crippen molar-refractivity contribution in [2.45, 2.75) is 309 Å². The number of ether oxygens (including phenoxy) is 1. The van der Waals surface area contributed by atoms with Gasteiger partial charge in [-0.1, -0.05) is 255 Å². The number of carbonyl (C=O) groups excluding carboxylic acids is 2. The fraction of sp³-hybridized carbons (Fsp3) is 0.794. The van der Waals surface area contributed by atoms with E-state index in [4.69, 9.17) is 13.8 Å². The molecule has 3 unspecified atom stereocenters. The number of nitrogens with zero attached hydrogens (tertiary/aromatic N) is 1. The van der Waals surface area contributed by atoms with E-state index >= 15 is 0 Å². The van der Waals surface area contributed by atoms with Crippen LogP contribution in [0.2, 0.25) is 0 Å². The molecule has 0 spiro atoms. The van der Waals surface area contributed by atoms with Gasteiger partial charge >= 0.3 is 13.8 Å². The normalized spacial score (nSPS) is 14.1. The second-order valence-corrected chi connectivity index (χ2v) is 24.7. The van der Waals surface area contributed by atoms with E-state index in [-0.39, 0.29) is 31.5 Å². The van der Waals surface area contributed by atoms with Gasteiger partial charge in [-0.3, -0.25) is 18.6 Å². The van der Waals surface area contributed by atoms with Crippen molar-refractivity contribution in [3.05, 3.63) is 72.9 Å². The summed E-state index contributed by atoms with van der Waals surface area (Å²) in [7, 11) is 1.49. The second-order valence-electron chi connectivity index (χ2n) is 23.3. The number of phosphoric ester groups is 1. The SMILES string of the molecule is CCCCC/C=C\C/C=C\C/C=C\CCCCCCCCCCC(=O)NC(COP(=O)(O)OCC[N+](C)(C)C)C(/C=C/CCCCCCCCCCCC)OC(=O)CCCCCCCCCCC/C=C\C/C=C\CCCCC. The third-order valence-electron chi connectivity index (χ3n) is 14.4. The Bertz CT molecular complexity index is 1570. The van der Waals surface area contributed by atoms with Crippen molar-refractivity contribution in [1.82, 2.24) is 5.32 Å². The number of hydrogen-bond acceptors (Lipinski definition) is 6. The Morgan fingerprint density at radius 3 is 1.19 bits per heavy atom. The third kappa shape index (κ3) is 58.1. The van der Waals surface area contributed by atoms with E-state index in [1.165, 1.54) is 173 Å². The summed E-state index contributed by atoms with van der Waals surface area (Å²) in [5.74, 6) is -0.513. The zero-order valence-corrected chi connectivity index (χ0v) is 52.8. The summed E-state index contributed by atoms with van der Waals surface area (Å²) in [6, 6.07) is -0.857. The van der Waals surface area contributed by atoms with E-state index in [1.54, 1.807) is 0 Å². The van der Waals surface area contributed by atoms with E-state index in [0.717, 1.165) is 89.9 Å². The first-order valence-electron chi connectivity index (χ1n) is 32.8. The van der Waals surface area contributed by atoms with Crippen LogP contribution >= 0.6 is 7.82 Å². The standard InChI is InChI=1S/C68H125N2O7P/c1-7-10-13-16-19-22-25-28-30-32-34-35-37-38-40-42-45-48-51-54-57-60-67(71)69-65(64-76-78(73,74)75-63-62-70(4,5)6)66(59-56-53-50-47-44-27-24-21-18-15-12-9-3)77-68(72)61-58-55-52-49-46-43-41-39-36-33-31-29-26-23-20-17-14-11-8-2/h19-20,22-23,28-31,34-35,56,59,65-66H,7-18,21,24-27,32-33,36-55,57-58,60-64H2,1-6H3,(H-,69,71,73,74)/p+1/b22-19-,23-20-,30-28-,31-29-,35-34-,59-56+. The summed E-state index contributed by atoms with van der Waals surface area (Å²) in [5.41, 5.74) is 0. The van der Waals surface area contributed by atoms with Crippen LogP contribution in [0.5, 0.6) is 0 Å². The molecule has 0 aromatic rings. The van der Waals surface area contributed by atoms with Gasteiger partial charge in [0.2, 0.25) is 5.91 Å². The molecule has 2 N–H and O–H groups in total. The molecule has 0 heterocycles. The molecule has 78 heavy (non-hydrogen) atoms. The number of carbonyl (C=O) groups is 2. The van der Waals surface area contributed by atoms with E-state index in [9.17, 15) is 19.0 Å². The molecule has 0 aromatic heterocycles. The Labute approximate surface area is 483 Å². The topological polar surface area (TPSA) is 111 Å². The lowest BCUT2D eigenvalue weighted by molar-refractivity contribution is -0.870. The van der Waals surface area contributed by atoms with E-state index < -0.39 is 20.0 Å². The summed E-state index contributed by atoms with van der Waals surface area (Å²) < 4.78 is 30.7. The van der Waals surface area contributed by atoms with Gasteiger partial charge in [0.1, 0.15) is 19.3 Å². The highest BCUT2D eigenvalue weighted by atomic mass is 31.2. The van der Waals surface area contributed by atoms with Gasteiger partial charge in [0.25, 0.3) is 0 Å². The molecule has 0 bridgehead atoms. The maximum absolute atomic E-state index is 13.6. The Balaban J connectivity index is 5.21. The molecule has 1 amide bonds. The molecule has 0 aliphatic heterocycles. The van der Waals surface area contributed by atoms with Crippen LogP contribution < -0.4 is 5.32 Å². The van der Waals surface area contributed by atoms with Gasteiger partial charge in [-0.2, -0.15) is 0 Å². The van der Waals surface area contributed by atoms with Crippen molar-refractivity contribution in [1.29, 1.82) is 0 Å². The molecule has 0 aromatic carbocycles. The molecule has 0 saturated heterocycles. The fourth-order valence-electron chi connectivity index (χ4n) is 9.27. The number of unbranched alkanes of at least 4 members (excludes halogenated alkanes) is 33. The Kier molecular flexibility index (Phi) is 55.8. The number of quaternary nitrogens is 1. The smallest absolute Gasteiger partial charge is 0.456 e. The molecular weight excluding hydrogens is 988 g/mol. The largest absolute Gasteiger partial charge is 0.472 e. The fourth-order valence-corrected chi connectivity index (χ4v) is 10.0.